The third kappa shape index (κ3) is 2.15. The lowest BCUT2D eigenvalue weighted by Crippen LogP contribution is -2.23. The third-order valence-corrected chi connectivity index (χ3v) is 2.81. The highest BCUT2D eigenvalue weighted by Gasteiger charge is 2.14. The van der Waals surface area contributed by atoms with Crippen molar-refractivity contribution in [2.75, 3.05) is 6.61 Å². The second kappa shape index (κ2) is 4.89. The van der Waals surface area contributed by atoms with Crippen LogP contribution in [0.25, 0.3) is 5.52 Å². The summed E-state index contributed by atoms with van der Waals surface area (Å²) < 4.78 is 19.9. The normalized spacial score (nSPS) is 10.6. The molecule has 0 N–H and O–H groups in total. The Morgan fingerprint density at radius 3 is 2.89 bits per heavy atom. The first-order chi connectivity index (χ1) is 8.54. The van der Waals surface area contributed by atoms with E-state index < -0.39 is 17.3 Å². The molecule has 2 aromatic heterocycles. The van der Waals surface area contributed by atoms with Crippen molar-refractivity contribution < 1.29 is 13.9 Å². The van der Waals surface area contributed by atoms with E-state index in [4.69, 9.17) is 4.74 Å². The predicted octanol–water partition coefficient (Wildman–Crippen LogP) is 2.38. The van der Waals surface area contributed by atoms with Gasteiger partial charge in [-0.2, -0.15) is 0 Å². The van der Waals surface area contributed by atoms with Gasteiger partial charge in [0.25, 0.3) is 5.56 Å². The van der Waals surface area contributed by atoms with Gasteiger partial charge in [0.15, 0.2) is 0 Å². The Balaban J connectivity index is 2.71. The molecule has 0 aliphatic carbocycles. The molecule has 4 nitrogen and oxygen atoms in total. The lowest BCUT2D eigenvalue weighted by Gasteiger charge is -2.06. The van der Waals surface area contributed by atoms with Crippen molar-refractivity contribution >= 4 is 27.4 Å². The SMILES string of the molecule is CCOC(=O)c1ccc2c(F)cc(Br)cn2c1=O. The second-order valence-electron chi connectivity index (χ2n) is 3.53. The summed E-state index contributed by atoms with van der Waals surface area (Å²) in [7, 11) is 0. The molecule has 2 heterocycles. The first-order valence-electron chi connectivity index (χ1n) is 5.22. The third-order valence-electron chi connectivity index (χ3n) is 2.37. The van der Waals surface area contributed by atoms with E-state index in [-0.39, 0.29) is 17.7 Å². The number of carbonyl (C=O) groups is 1. The predicted molar refractivity (Wildman–Crippen MR) is 67.3 cm³/mol. The number of esters is 1. The summed E-state index contributed by atoms with van der Waals surface area (Å²) in [5.41, 5.74) is -0.616. The van der Waals surface area contributed by atoms with Crippen LogP contribution < -0.4 is 5.56 Å². The molecule has 0 aromatic carbocycles. The number of carbonyl (C=O) groups excluding carboxylic acids is 1. The number of rotatable bonds is 2. The number of nitrogens with zero attached hydrogens (tertiary/aromatic N) is 1. The van der Waals surface area contributed by atoms with Crippen LogP contribution in [0, 0.1) is 5.82 Å². The van der Waals surface area contributed by atoms with Crippen LogP contribution in [-0.4, -0.2) is 17.0 Å². The van der Waals surface area contributed by atoms with Crippen molar-refractivity contribution in [1.82, 2.24) is 4.40 Å². The fourth-order valence-corrected chi connectivity index (χ4v) is 2.00. The van der Waals surface area contributed by atoms with Crippen LogP contribution in [0.3, 0.4) is 0 Å². The summed E-state index contributed by atoms with van der Waals surface area (Å²) in [4.78, 5) is 23.6. The molecule has 0 aliphatic heterocycles. The highest BCUT2D eigenvalue weighted by Crippen LogP contribution is 2.15. The average molecular weight is 314 g/mol. The van der Waals surface area contributed by atoms with Crippen molar-refractivity contribution in [3.8, 4) is 0 Å². The highest BCUT2D eigenvalue weighted by molar-refractivity contribution is 9.10. The molecule has 2 rings (SSSR count). The van der Waals surface area contributed by atoms with E-state index in [1.165, 1.54) is 24.4 Å². The Kier molecular flexibility index (Phi) is 3.47. The molecule has 0 saturated heterocycles. The van der Waals surface area contributed by atoms with Crippen LogP contribution in [0.15, 0.2) is 33.7 Å². The summed E-state index contributed by atoms with van der Waals surface area (Å²) in [6, 6.07) is 3.89. The van der Waals surface area contributed by atoms with Crippen molar-refractivity contribution in [2.24, 2.45) is 0 Å². The fourth-order valence-electron chi connectivity index (χ4n) is 1.60. The number of aromatic nitrogens is 1. The zero-order valence-electron chi connectivity index (χ0n) is 9.44. The van der Waals surface area contributed by atoms with E-state index in [2.05, 4.69) is 15.9 Å². The minimum atomic E-state index is -0.711. The Labute approximate surface area is 110 Å². The molecule has 94 valence electrons. The number of fused-ring (bicyclic) bond motifs is 1. The molecule has 0 amide bonds. The number of ether oxygens (including phenoxy) is 1. The number of halogens is 2. The first kappa shape index (κ1) is 12.8. The molecule has 0 unspecified atom stereocenters. The van der Waals surface area contributed by atoms with Gasteiger partial charge in [-0.3, -0.25) is 9.20 Å². The Hall–Kier alpha value is -1.69. The van der Waals surface area contributed by atoms with Gasteiger partial charge in [-0.05, 0) is 41.1 Å². The topological polar surface area (TPSA) is 47.8 Å². The van der Waals surface area contributed by atoms with E-state index in [1.807, 2.05) is 0 Å². The van der Waals surface area contributed by atoms with Crippen LogP contribution in [0.1, 0.15) is 17.3 Å². The average Bonchev–Trinajstić information content (AvgIpc) is 2.30. The van der Waals surface area contributed by atoms with Gasteiger partial charge >= 0.3 is 5.97 Å². The lowest BCUT2D eigenvalue weighted by atomic mass is 10.2. The van der Waals surface area contributed by atoms with Crippen LogP contribution in [0.5, 0.6) is 0 Å². The Morgan fingerprint density at radius 1 is 1.50 bits per heavy atom. The molecule has 0 spiro atoms. The molecular formula is C12H9BrFNO3. The molecular weight excluding hydrogens is 305 g/mol. The Bertz CT molecular complexity index is 681. The van der Waals surface area contributed by atoms with Gasteiger partial charge in [-0.15, -0.1) is 0 Å². The fraction of sp³-hybridized carbons (Fsp3) is 0.167. The summed E-state index contributed by atoms with van der Waals surface area (Å²) in [5.74, 6) is -1.26. The van der Waals surface area contributed by atoms with Gasteiger partial charge < -0.3 is 4.74 Å². The molecule has 0 bridgehead atoms. The minimum absolute atomic E-state index is 0.108. The van der Waals surface area contributed by atoms with E-state index >= 15 is 0 Å². The van der Waals surface area contributed by atoms with Gasteiger partial charge in [-0.25, -0.2) is 9.18 Å². The molecule has 0 atom stereocenters. The Morgan fingerprint density at radius 2 is 2.22 bits per heavy atom. The molecule has 6 heteroatoms. The van der Waals surface area contributed by atoms with E-state index in [9.17, 15) is 14.0 Å². The highest BCUT2D eigenvalue weighted by atomic mass is 79.9. The molecule has 2 aromatic rings. The summed E-state index contributed by atoms with van der Waals surface area (Å²) in [5, 5.41) is 0. The van der Waals surface area contributed by atoms with Gasteiger partial charge in [0.05, 0.1) is 12.1 Å². The van der Waals surface area contributed by atoms with Gasteiger partial charge in [-0.1, -0.05) is 0 Å². The van der Waals surface area contributed by atoms with Crippen LogP contribution in [0.4, 0.5) is 4.39 Å². The summed E-state index contributed by atoms with van der Waals surface area (Å²) in [6.07, 6.45) is 1.41. The maximum absolute atomic E-state index is 13.6. The monoisotopic (exact) mass is 313 g/mol. The quantitative estimate of drug-likeness (QED) is 0.800. The van der Waals surface area contributed by atoms with E-state index in [1.54, 1.807) is 6.92 Å². The van der Waals surface area contributed by atoms with Gasteiger partial charge in [0, 0.05) is 10.7 Å². The van der Waals surface area contributed by atoms with Crippen LogP contribution in [-0.2, 0) is 4.74 Å². The largest absolute Gasteiger partial charge is 0.462 e. The maximum Gasteiger partial charge on any atom is 0.343 e. The van der Waals surface area contributed by atoms with Gasteiger partial charge in [0.1, 0.15) is 11.4 Å². The van der Waals surface area contributed by atoms with Crippen molar-refractivity contribution in [1.29, 1.82) is 0 Å². The van der Waals surface area contributed by atoms with E-state index in [0.717, 1.165) is 4.40 Å². The van der Waals surface area contributed by atoms with Gasteiger partial charge in [0.2, 0.25) is 0 Å². The van der Waals surface area contributed by atoms with Crippen molar-refractivity contribution in [3.63, 3.8) is 0 Å². The first-order valence-corrected chi connectivity index (χ1v) is 6.01. The molecule has 18 heavy (non-hydrogen) atoms. The molecule has 0 aliphatic rings. The zero-order chi connectivity index (χ0) is 13.3. The lowest BCUT2D eigenvalue weighted by molar-refractivity contribution is 0.0524. The zero-order valence-corrected chi connectivity index (χ0v) is 11.0. The number of hydrogen-bond acceptors (Lipinski definition) is 3. The number of hydrogen-bond donors (Lipinski definition) is 0. The van der Waals surface area contributed by atoms with Crippen LogP contribution >= 0.6 is 15.9 Å². The molecule has 0 saturated carbocycles. The molecule has 0 fully saturated rings. The standard InChI is InChI=1S/C12H9BrFNO3/c1-2-18-12(17)8-3-4-10-9(14)5-7(13)6-15(10)11(8)16/h3-6H,2H2,1H3. The van der Waals surface area contributed by atoms with Crippen LogP contribution in [0.2, 0.25) is 0 Å². The summed E-state index contributed by atoms with van der Waals surface area (Å²) >= 11 is 3.09. The smallest absolute Gasteiger partial charge is 0.343 e. The maximum atomic E-state index is 13.6. The second-order valence-corrected chi connectivity index (χ2v) is 4.45. The minimum Gasteiger partial charge on any atom is -0.462 e. The van der Waals surface area contributed by atoms with Crippen molar-refractivity contribution in [2.45, 2.75) is 6.92 Å². The summed E-state index contributed by atoms with van der Waals surface area (Å²) in [6.45, 7) is 1.82. The van der Waals surface area contributed by atoms with E-state index in [0.29, 0.717) is 4.47 Å². The number of pyridine rings is 2. The van der Waals surface area contributed by atoms with Crippen molar-refractivity contribution in [3.05, 3.63) is 50.6 Å². The molecule has 0 radical (unpaired) electrons.